The van der Waals surface area contributed by atoms with Crippen LogP contribution >= 0.6 is 0 Å². The number of para-hydroxylation sites is 1. The van der Waals surface area contributed by atoms with Crippen molar-refractivity contribution in [2.45, 2.75) is 85.4 Å². The largest absolute Gasteiger partial charge is 0.458 e. The zero-order valence-corrected chi connectivity index (χ0v) is 21.2. The number of aromatic nitrogens is 1. The Morgan fingerprint density at radius 2 is 1.64 bits per heavy atom. The minimum Gasteiger partial charge on any atom is -0.458 e. The van der Waals surface area contributed by atoms with Gasteiger partial charge in [-0.25, -0.2) is 4.79 Å². The van der Waals surface area contributed by atoms with E-state index in [0.717, 1.165) is 22.9 Å². The lowest BCUT2D eigenvalue weighted by Gasteiger charge is -2.28. The van der Waals surface area contributed by atoms with Gasteiger partial charge in [0, 0.05) is 37.5 Å². The van der Waals surface area contributed by atoms with E-state index in [-0.39, 0.29) is 11.3 Å². The summed E-state index contributed by atoms with van der Waals surface area (Å²) in [5.41, 5.74) is 1.32. The van der Waals surface area contributed by atoms with Crippen molar-refractivity contribution in [2.75, 3.05) is 0 Å². The van der Waals surface area contributed by atoms with Gasteiger partial charge in [-0.15, -0.1) is 0 Å². The summed E-state index contributed by atoms with van der Waals surface area (Å²) in [6, 6.07) is 6.32. The number of hydrogen-bond donors (Lipinski definition) is 2. The number of ether oxygens (including phenoxy) is 1. The number of rotatable bonds is 8. The first kappa shape index (κ1) is 26.4. The van der Waals surface area contributed by atoms with Crippen molar-refractivity contribution in [1.82, 2.24) is 15.2 Å². The number of aryl methyl sites for hydroxylation is 1. The van der Waals surface area contributed by atoms with E-state index >= 15 is 0 Å². The fourth-order valence-electron chi connectivity index (χ4n) is 3.73. The minimum atomic E-state index is -0.812. The predicted octanol–water partition coefficient (Wildman–Crippen LogP) is 3.88. The van der Waals surface area contributed by atoms with E-state index in [4.69, 9.17) is 4.74 Å². The quantitative estimate of drug-likeness (QED) is 0.589. The molecular formula is C26H39N3O4. The average molecular weight is 458 g/mol. The van der Waals surface area contributed by atoms with E-state index in [2.05, 4.69) is 31.4 Å². The fourth-order valence-corrected chi connectivity index (χ4v) is 3.73. The Bertz CT molecular complexity index is 995. The maximum absolute atomic E-state index is 13.3. The van der Waals surface area contributed by atoms with Crippen LogP contribution in [0.5, 0.6) is 0 Å². The third-order valence-corrected chi connectivity index (χ3v) is 5.29. The summed E-state index contributed by atoms with van der Waals surface area (Å²) in [7, 11) is 1.95. The number of hydrogen-bond acceptors (Lipinski definition) is 4. The molecule has 7 heteroatoms. The zero-order valence-electron chi connectivity index (χ0n) is 21.2. The minimum absolute atomic E-state index is 0.00895. The standard InChI is InChI=1S/C26H39N3O4/c1-17(30)27-21(15-18-16-29(8)22-12-10-9-11-19(18)22)23(31)28-20(13-14-25(2,3)4)24(32)33-26(5,6)7/h9-12,16,20-21H,13-15H2,1-8H3,(H,27,30)(H,28,31)/t20?,21-/m0/s1. The van der Waals surface area contributed by atoms with Crippen molar-refractivity contribution in [3.63, 3.8) is 0 Å². The van der Waals surface area contributed by atoms with Crippen molar-refractivity contribution in [3.05, 3.63) is 36.0 Å². The molecule has 0 aliphatic carbocycles. The van der Waals surface area contributed by atoms with E-state index in [1.54, 1.807) is 20.8 Å². The molecular weight excluding hydrogens is 418 g/mol. The monoisotopic (exact) mass is 457 g/mol. The van der Waals surface area contributed by atoms with Crippen LogP contribution in [0.4, 0.5) is 0 Å². The smallest absolute Gasteiger partial charge is 0.329 e. The lowest BCUT2D eigenvalue weighted by molar-refractivity contribution is -0.159. The third kappa shape index (κ3) is 8.22. The Morgan fingerprint density at radius 1 is 1.00 bits per heavy atom. The molecule has 7 nitrogen and oxygen atoms in total. The van der Waals surface area contributed by atoms with E-state index in [1.807, 2.05) is 42.1 Å². The Kier molecular flexibility index (Phi) is 8.33. The highest BCUT2D eigenvalue weighted by Crippen LogP contribution is 2.24. The second kappa shape index (κ2) is 10.4. The number of nitrogens with one attached hydrogen (secondary N) is 2. The third-order valence-electron chi connectivity index (χ3n) is 5.29. The number of carbonyl (C=O) groups excluding carboxylic acids is 3. The summed E-state index contributed by atoms with van der Waals surface area (Å²) in [5.74, 6) is -1.17. The fraction of sp³-hybridized carbons (Fsp3) is 0.577. The average Bonchev–Trinajstić information content (AvgIpc) is 2.98. The molecule has 0 saturated heterocycles. The highest BCUT2D eigenvalue weighted by Gasteiger charge is 2.31. The SMILES string of the molecule is CC(=O)N[C@@H](Cc1cn(C)c2ccccc12)C(=O)NC(CCC(C)(C)C)C(=O)OC(C)(C)C. The van der Waals surface area contributed by atoms with Crippen molar-refractivity contribution >= 4 is 28.7 Å². The molecule has 0 aliphatic rings. The van der Waals surface area contributed by atoms with Gasteiger partial charge >= 0.3 is 5.97 Å². The second-order valence-corrected chi connectivity index (χ2v) is 10.9. The normalized spacial score (nSPS) is 13.9. The Hall–Kier alpha value is -2.83. The molecule has 2 atom stereocenters. The number of amides is 2. The summed E-state index contributed by atoms with van der Waals surface area (Å²) >= 11 is 0. The lowest BCUT2D eigenvalue weighted by atomic mass is 9.88. The highest BCUT2D eigenvalue weighted by atomic mass is 16.6. The van der Waals surface area contributed by atoms with Gasteiger partial charge in [0.15, 0.2) is 0 Å². The van der Waals surface area contributed by atoms with Crippen molar-refractivity contribution in [2.24, 2.45) is 12.5 Å². The van der Waals surface area contributed by atoms with Gasteiger partial charge in [0.05, 0.1) is 0 Å². The summed E-state index contributed by atoms with van der Waals surface area (Å²) in [4.78, 5) is 38.0. The number of nitrogens with zero attached hydrogens (tertiary/aromatic N) is 1. The Morgan fingerprint density at radius 3 is 2.21 bits per heavy atom. The van der Waals surface area contributed by atoms with Crippen LogP contribution < -0.4 is 10.6 Å². The van der Waals surface area contributed by atoms with Gasteiger partial charge in [-0.2, -0.15) is 0 Å². The zero-order chi connectivity index (χ0) is 25.0. The molecule has 2 rings (SSSR count). The first-order chi connectivity index (χ1) is 15.2. The highest BCUT2D eigenvalue weighted by molar-refractivity contribution is 5.91. The van der Waals surface area contributed by atoms with Crippen LogP contribution in [0.15, 0.2) is 30.5 Å². The number of benzene rings is 1. The van der Waals surface area contributed by atoms with Crippen LogP contribution in [0.1, 0.15) is 66.9 Å². The molecule has 2 aromatic rings. The molecule has 1 aromatic heterocycles. The van der Waals surface area contributed by atoms with Gasteiger partial charge in [-0.05, 0) is 50.7 Å². The van der Waals surface area contributed by atoms with Gasteiger partial charge in [0.25, 0.3) is 0 Å². The number of carbonyl (C=O) groups is 3. The van der Waals surface area contributed by atoms with Gasteiger partial charge < -0.3 is 19.9 Å². The van der Waals surface area contributed by atoms with Crippen LogP contribution in [0.2, 0.25) is 0 Å². The first-order valence-electron chi connectivity index (χ1n) is 11.5. The summed E-state index contributed by atoms with van der Waals surface area (Å²) in [6.07, 6.45) is 3.46. The van der Waals surface area contributed by atoms with Crippen LogP contribution in [-0.4, -0.2) is 40.0 Å². The molecule has 2 N–H and O–H groups in total. The van der Waals surface area contributed by atoms with Crippen LogP contribution in [0.3, 0.4) is 0 Å². The van der Waals surface area contributed by atoms with Crippen LogP contribution in [0.25, 0.3) is 10.9 Å². The molecule has 1 aromatic carbocycles. The molecule has 0 aliphatic heterocycles. The van der Waals surface area contributed by atoms with Crippen LogP contribution in [0, 0.1) is 5.41 Å². The molecule has 0 spiro atoms. The molecule has 0 radical (unpaired) electrons. The van der Waals surface area contributed by atoms with Crippen molar-refractivity contribution in [1.29, 1.82) is 0 Å². The molecule has 1 heterocycles. The van der Waals surface area contributed by atoms with Gasteiger partial charge in [-0.3, -0.25) is 9.59 Å². The maximum atomic E-state index is 13.3. The van der Waals surface area contributed by atoms with E-state index in [9.17, 15) is 14.4 Å². The van der Waals surface area contributed by atoms with Crippen molar-refractivity contribution in [3.8, 4) is 0 Å². The van der Waals surface area contributed by atoms with Gasteiger partial charge in [0.1, 0.15) is 17.7 Å². The molecule has 182 valence electrons. The summed E-state index contributed by atoms with van der Waals surface area (Å²) in [6.45, 7) is 13.0. The van der Waals surface area contributed by atoms with E-state index in [0.29, 0.717) is 12.8 Å². The maximum Gasteiger partial charge on any atom is 0.329 e. The lowest BCUT2D eigenvalue weighted by Crippen LogP contribution is -2.53. The first-order valence-corrected chi connectivity index (χ1v) is 11.5. The van der Waals surface area contributed by atoms with E-state index in [1.165, 1.54) is 6.92 Å². The second-order valence-electron chi connectivity index (χ2n) is 10.9. The molecule has 0 fully saturated rings. The molecule has 2 amide bonds. The molecule has 0 bridgehead atoms. The number of fused-ring (bicyclic) bond motifs is 1. The van der Waals surface area contributed by atoms with Crippen LogP contribution in [-0.2, 0) is 32.6 Å². The van der Waals surface area contributed by atoms with Gasteiger partial charge in [0.2, 0.25) is 11.8 Å². The number of esters is 1. The Balaban J connectivity index is 2.26. The van der Waals surface area contributed by atoms with E-state index < -0.39 is 29.6 Å². The molecule has 0 saturated carbocycles. The summed E-state index contributed by atoms with van der Waals surface area (Å²) in [5, 5.41) is 6.64. The summed E-state index contributed by atoms with van der Waals surface area (Å²) < 4.78 is 7.56. The molecule has 33 heavy (non-hydrogen) atoms. The van der Waals surface area contributed by atoms with Crippen molar-refractivity contribution < 1.29 is 19.1 Å². The predicted molar refractivity (Wildman–Crippen MR) is 131 cm³/mol. The molecule has 1 unspecified atom stereocenters. The topological polar surface area (TPSA) is 89.4 Å². The van der Waals surface area contributed by atoms with Gasteiger partial charge in [-0.1, -0.05) is 39.0 Å². The Labute approximate surface area is 197 Å².